The Kier molecular flexibility index (Phi) is 4.45. The molecule has 90 valence electrons. The molecule has 0 amide bonds. The number of anilines is 2. The number of methoxy groups -OCH3 is 1. The van der Waals surface area contributed by atoms with Crippen LogP contribution in [0.2, 0.25) is 0 Å². The van der Waals surface area contributed by atoms with Gasteiger partial charge < -0.3 is 20.9 Å². The highest BCUT2D eigenvalue weighted by atomic mass is 16.5. The van der Waals surface area contributed by atoms with Crippen LogP contribution in [0.15, 0.2) is 12.4 Å². The van der Waals surface area contributed by atoms with Crippen molar-refractivity contribution in [2.24, 2.45) is 0 Å². The van der Waals surface area contributed by atoms with Crippen molar-refractivity contribution in [3.8, 4) is 0 Å². The van der Waals surface area contributed by atoms with Gasteiger partial charge in [0.25, 0.3) is 0 Å². The molecule has 0 aliphatic carbocycles. The maximum Gasteiger partial charge on any atom is 0.147 e. The molecule has 1 aromatic rings. The van der Waals surface area contributed by atoms with Crippen molar-refractivity contribution in [1.82, 2.24) is 9.97 Å². The van der Waals surface area contributed by atoms with E-state index in [4.69, 9.17) is 10.5 Å². The molecule has 0 fully saturated rings. The van der Waals surface area contributed by atoms with Gasteiger partial charge in [0, 0.05) is 26.7 Å². The molecule has 1 atom stereocenters. The Hall–Kier alpha value is -1.40. The van der Waals surface area contributed by atoms with Gasteiger partial charge in [0.05, 0.1) is 18.0 Å². The van der Waals surface area contributed by atoms with Crippen molar-refractivity contribution >= 4 is 11.6 Å². The summed E-state index contributed by atoms with van der Waals surface area (Å²) in [6.45, 7) is 2.62. The summed E-state index contributed by atoms with van der Waals surface area (Å²) in [6, 6.07) is 0. The van der Waals surface area contributed by atoms with Crippen molar-refractivity contribution in [2.45, 2.75) is 18.9 Å². The van der Waals surface area contributed by atoms with Crippen LogP contribution in [0.3, 0.4) is 0 Å². The molecule has 1 aromatic heterocycles. The molecule has 4 N–H and O–H groups in total. The van der Waals surface area contributed by atoms with Crippen molar-refractivity contribution in [2.75, 3.05) is 31.3 Å². The van der Waals surface area contributed by atoms with Crippen LogP contribution >= 0.6 is 0 Å². The lowest BCUT2D eigenvalue weighted by molar-refractivity contribution is 0.0357. The molecule has 1 heterocycles. The van der Waals surface area contributed by atoms with Crippen molar-refractivity contribution in [1.29, 1.82) is 0 Å². The smallest absolute Gasteiger partial charge is 0.147 e. The molecule has 0 radical (unpaired) electrons. The molecule has 0 saturated carbocycles. The number of nitrogens with one attached hydrogen (secondary N) is 1. The molecule has 6 nitrogen and oxygen atoms in total. The first-order valence-electron chi connectivity index (χ1n) is 5.06. The van der Waals surface area contributed by atoms with Crippen LogP contribution in [0.4, 0.5) is 11.6 Å². The Labute approximate surface area is 94.9 Å². The van der Waals surface area contributed by atoms with E-state index in [1.807, 2.05) is 0 Å². The second-order valence-corrected chi connectivity index (χ2v) is 3.92. The predicted molar refractivity (Wildman–Crippen MR) is 62.1 cm³/mol. The Bertz CT molecular complexity index is 330. The zero-order chi connectivity index (χ0) is 12.0. The minimum absolute atomic E-state index is 0.349. The third-order valence-corrected chi connectivity index (χ3v) is 2.15. The number of aliphatic hydroxyl groups is 1. The van der Waals surface area contributed by atoms with Crippen LogP contribution < -0.4 is 11.1 Å². The van der Waals surface area contributed by atoms with E-state index in [9.17, 15) is 5.11 Å². The average molecular weight is 226 g/mol. The van der Waals surface area contributed by atoms with Crippen LogP contribution in [0, 0.1) is 0 Å². The molecule has 0 spiro atoms. The standard InChI is InChI=1S/C10H18N4O2/c1-10(15,3-4-16-2)7-13-9-6-12-5-8(11)14-9/h5-6,15H,3-4,7H2,1-2H3,(H3,11,13,14). The Morgan fingerprint density at radius 3 is 2.94 bits per heavy atom. The summed E-state index contributed by atoms with van der Waals surface area (Å²) in [7, 11) is 1.60. The summed E-state index contributed by atoms with van der Waals surface area (Å²) in [4.78, 5) is 7.91. The summed E-state index contributed by atoms with van der Waals surface area (Å²) >= 11 is 0. The summed E-state index contributed by atoms with van der Waals surface area (Å²) in [5.41, 5.74) is 4.64. The van der Waals surface area contributed by atoms with Gasteiger partial charge in [-0.25, -0.2) is 4.98 Å². The van der Waals surface area contributed by atoms with Gasteiger partial charge in [-0.05, 0) is 6.92 Å². The molecular weight excluding hydrogens is 208 g/mol. The quantitative estimate of drug-likeness (QED) is 0.644. The van der Waals surface area contributed by atoms with E-state index in [0.29, 0.717) is 31.2 Å². The van der Waals surface area contributed by atoms with Gasteiger partial charge in [0.1, 0.15) is 11.6 Å². The minimum atomic E-state index is -0.845. The van der Waals surface area contributed by atoms with E-state index < -0.39 is 5.60 Å². The van der Waals surface area contributed by atoms with E-state index >= 15 is 0 Å². The normalized spacial score (nSPS) is 14.4. The third-order valence-electron chi connectivity index (χ3n) is 2.15. The molecule has 1 unspecified atom stereocenters. The van der Waals surface area contributed by atoms with Gasteiger partial charge in [0.15, 0.2) is 0 Å². The van der Waals surface area contributed by atoms with Gasteiger partial charge in [0.2, 0.25) is 0 Å². The third kappa shape index (κ3) is 4.41. The van der Waals surface area contributed by atoms with Crippen LogP contribution in [0.25, 0.3) is 0 Å². The van der Waals surface area contributed by atoms with Gasteiger partial charge in [-0.15, -0.1) is 0 Å². The van der Waals surface area contributed by atoms with E-state index in [0.717, 1.165) is 0 Å². The van der Waals surface area contributed by atoms with Crippen molar-refractivity contribution in [3.63, 3.8) is 0 Å². The Morgan fingerprint density at radius 1 is 1.56 bits per heavy atom. The molecule has 0 aromatic carbocycles. The number of rotatable bonds is 6. The summed E-state index contributed by atoms with van der Waals surface area (Å²) < 4.78 is 4.91. The van der Waals surface area contributed by atoms with Crippen molar-refractivity contribution in [3.05, 3.63) is 12.4 Å². The first-order valence-corrected chi connectivity index (χ1v) is 5.06. The van der Waals surface area contributed by atoms with Gasteiger partial charge in [-0.2, -0.15) is 0 Å². The lowest BCUT2D eigenvalue weighted by Gasteiger charge is -2.23. The molecule has 0 saturated heterocycles. The molecule has 0 aliphatic heterocycles. The minimum Gasteiger partial charge on any atom is -0.388 e. The fourth-order valence-electron chi connectivity index (χ4n) is 1.16. The highest BCUT2D eigenvalue weighted by Gasteiger charge is 2.19. The second kappa shape index (κ2) is 5.62. The maximum atomic E-state index is 9.95. The average Bonchev–Trinajstić information content (AvgIpc) is 2.24. The van der Waals surface area contributed by atoms with E-state index in [1.54, 1.807) is 20.2 Å². The highest BCUT2D eigenvalue weighted by molar-refractivity contribution is 5.38. The molecule has 0 bridgehead atoms. The van der Waals surface area contributed by atoms with Gasteiger partial charge >= 0.3 is 0 Å². The largest absolute Gasteiger partial charge is 0.388 e. The zero-order valence-corrected chi connectivity index (χ0v) is 9.60. The first-order chi connectivity index (χ1) is 7.53. The van der Waals surface area contributed by atoms with Crippen LogP contribution in [-0.4, -0.2) is 40.9 Å². The number of ether oxygens (including phenoxy) is 1. The number of hydrogen-bond donors (Lipinski definition) is 3. The van der Waals surface area contributed by atoms with Crippen LogP contribution in [0.1, 0.15) is 13.3 Å². The fraction of sp³-hybridized carbons (Fsp3) is 0.600. The van der Waals surface area contributed by atoms with E-state index in [1.165, 1.54) is 6.20 Å². The van der Waals surface area contributed by atoms with Gasteiger partial charge in [-0.3, -0.25) is 4.98 Å². The fourth-order valence-corrected chi connectivity index (χ4v) is 1.16. The van der Waals surface area contributed by atoms with Gasteiger partial charge in [-0.1, -0.05) is 0 Å². The SMILES string of the molecule is COCCC(C)(O)CNc1cncc(N)n1. The van der Waals surface area contributed by atoms with Crippen LogP contribution in [0.5, 0.6) is 0 Å². The molecule has 1 rings (SSSR count). The van der Waals surface area contributed by atoms with Crippen LogP contribution in [-0.2, 0) is 4.74 Å². The molecular formula is C10H18N4O2. The Morgan fingerprint density at radius 2 is 2.31 bits per heavy atom. The molecule has 6 heteroatoms. The molecule has 16 heavy (non-hydrogen) atoms. The number of nitrogen functional groups attached to an aromatic ring is 1. The zero-order valence-electron chi connectivity index (χ0n) is 9.60. The molecule has 0 aliphatic rings. The summed E-state index contributed by atoms with van der Waals surface area (Å²) in [6.07, 6.45) is 3.57. The first kappa shape index (κ1) is 12.7. The number of aromatic nitrogens is 2. The summed E-state index contributed by atoms with van der Waals surface area (Å²) in [5.74, 6) is 0.902. The van der Waals surface area contributed by atoms with E-state index in [2.05, 4.69) is 15.3 Å². The predicted octanol–water partition coefficient (Wildman–Crippen LogP) is 0.258. The second-order valence-electron chi connectivity index (χ2n) is 3.92. The lowest BCUT2D eigenvalue weighted by Crippen LogP contribution is -2.34. The number of nitrogens with two attached hydrogens (primary N) is 1. The number of nitrogens with zero attached hydrogens (tertiary/aromatic N) is 2. The number of hydrogen-bond acceptors (Lipinski definition) is 6. The monoisotopic (exact) mass is 226 g/mol. The lowest BCUT2D eigenvalue weighted by atomic mass is 10.0. The Balaban J connectivity index is 2.44. The highest BCUT2D eigenvalue weighted by Crippen LogP contribution is 2.11. The van der Waals surface area contributed by atoms with Crippen molar-refractivity contribution < 1.29 is 9.84 Å². The topological polar surface area (TPSA) is 93.3 Å². The van der Waals surface area contributed by atoms with E-state index in [-0.39, 0.29) is 0 Å². The summed E-state index contributed by atoms with van der Waals surface area (Å²) in [5, 5.41) is 12.9. The maximum absolute atomic E-state index is 9.95.